The van der Waals surface area contributed by atoms with E-state index in [1.165, 1.54) is 11.3 Å². The lowest BCUT2D eigenvalue weighted by molar-refractivity contribution is 0.416. The standard InChI is InChI=1S/C10H9ClN2OS/c1-14-8-4-2-3-6(11)9(8)7-5-15-10(12)13-7/h2-5H,1H3,(H2,12,13). The van der Waals surface area contributed by atoms with Crippen LogP contribution in [-0.2, 0) is 0 Å². The number of hydrogen-bond acceptors (Lipinski definition) is 4. The highest BCUT2D eigenvalue weighted by Gasteiger charge is 2.12. The van der Waals surface area contributed by atoms with E-state index in [4.69, 9.17) is 22.1 Å². The Morgan fingerprint density at radius 2 is 2.27 bits per heavy atom. The van der Waals surface area contributed by atoms with Gasteiger partial charge in [0.05, 0.1) is 23.4 Å². The summed E-state index contributed by atoms with van der Waals surface area (Å²) in [6.07, 6.45) is 0. The smallest absolute Gasteiger partial charge is 0.180 e. The zero-order valence-electron chi connectivity index (χ0n) is 8.03. The maximum Gasteiger partial charge on any atom is 0.180 e. The summed E-state index contributed by atoms with van der Waals surface area (Å²) in [6, 6.07) is 5.48. The first-order chi connectivity index (χ1) is 7.22. The molecule has 2 N–H and O–H groups in total. The topological polar surface area (TPSA) is 48.1 Å². The van der Waals surface area contributed by atoms with Gasteiger partial charge in [-0.15, -0.1) is 11.3 Å². The Hall–Kier alpha value is -1.26. The van der Waals surface area contributed by atoms with E-state index in [1.54, 1.807) is 13.2 Å². The molecule has 0 aliphatic heterocycles. The van der Waals surface area contributed by atoms with E-state index in [2.05, 4.69) is 4.98 Å². The second kappa shape index (κ2) is 4.08. The lowest BCUT2D eigenvalue weighted by atomic mass is 10.1. The molecule has 78 valence electrons. The van der Waals surface area contributed by atoms with Crippen LogP contribution < -0.4 is 10.5 Å². The van der Waals surface area contributed by atoms with E-state index >= 15 is 0 Å². The molecule has 0 saturated heterocycles. The summed E-state index contributed by atoms with van der Waals surface area (Å²) in [5.74, 6) is 0.702. The van der Waals surface area contributed by atoms with Gasteiger partial charge in [0.25, 0.3) is 0 Å². The number of ether oxygens (including phenoxy) is 1. The third-order valence-electron chi connectivity index (χ3n) is 1.97. The minimum absolute atomic E-state index is 0.520. The fourth-order valence-electron chi connectivity index (χ4n) is 1.33. The Balaban J connectivity index is 2.60. The van der Waals surface area contributed by atoms with Crippen molar-refractivity contribution in [2.75, 3.05) is 12.8 Å². The number of aromatic nitrogens is 1. The molecular weight excluding hydrogens is 232 g/mol. The molecule has 0 aliphatic rings. The number of halogens is 1. The number of methoxy groups -OCH3 is 1. The normalized spacial score (nSPS) is 10.3. The molecule has 5 heteroatoms. The summed E-state index contributed by atoms with van der Waals surface area (Å²) in [5.41, 5.74) is 7.12. The Labute approximate surface area is 96.5 Å². The Morgan fingerprint density at radius 3 is 2.87 bits per heavy atom. The lowest BCUT2D eigenvalue weighted by Gasteiger charge is -2.07. The van der Waals surface area contributed by atoms with Gasteiger partial charge in [-0.25, -0.2) is 4.98 Å². The lowest BCUT2D eigenvalue weighted by Crippen LogP contribution is -1.89. The Bertz CT molecular complexity index is 484. The van der Waals surface area contributed by atoms with E-state index in [0.717, 1.165) is 11.3 Å². The zero-order chi connectivity index (χ0) is 10.8. The number of anilines is 1. The zero-order valence-corrected chi connectivity index (χ0v) is 9.60. The highest BCUT2D eigenvalue weighted by atomic mass is 35.5. The highest BCUT2D eigenvalue weighted by Crippen LogP contribution is 2.36. The van der Waals surface area contributed by atoms with Gasteiger partial charge in [-0.3, -0.25) is 0 Å². The monoisotopic (exact) mass is 240 g/mol. The third-order valence-corrected chi connectivity index (χ3v) is 2.96. The summed E-state index contributed by atoms with van der Waals surface area (Å²) in [6.45, 7) is 0. The van der Waals surface area contributed by atoms with Gasteiger partial charge in [-0.1, -0.05) is 17.7 Å². The van der Waals surface area contributed by atoms with Crippen molar-refractivity contribution in [3.05, 3.63) is 28.6 Å². The molecule has 2 rings (SSSR count). The van der Waals surface area contributed by atoms with Gasteiger partial charge in [0.2, 0.25) is 0 Å². The van der Waals surface area contributed by atoms with Gasteiger partial charge in [-0.2, -0.15) is 0 Å². The first kappa shape index (κ1) is 10.3. The van der Waals surface area contributed by atoms with Crippen LogP contribution in [0.15, 0.2) is 23.6 Å². The van der Waals surface area contributed by atoms with Crippen molar-refractivity contribution in [2.24, 2.45) is 0 Å². The fourth-order valence-corrected chi connectivity index (χ4v) is 2.14. The van der Waals surface area contributed by atoms with E-state index in [-0.39, 0.29) is 0 Å². The minimum Gasteiger partial charge on any atom is -0.496 e. The number of nitrogen functional groups attached to an aromatic ring is 1. The molecule has 1 heterocycles. The number of nitrogens with zero attached hydrogens (tertiary/aromatic N) is 1. The SMILES string of the molecule is COc1cccc(Cl)c1-c1csc(N)n1. The molecule has 0 unspecified atom stereocenters. The molecular formula is C10H9ClN2OS. The average molecular weight is 241 g/mol. The largest absolute Gasteiger partial charge is 0.496 e. The van der Waals surface area contributed by atoms with Crippen LogP contribution in [0.5, 0.6) is 5.75 Å². The van der Waals surface area contributed by atoms with Gasteiger partial charge < -0.3 is 10.5 Å². The molecule has 15 heavy (non-hydrogen) atoms. The molecule has 2 aromatic rings. The van der Waals surface area contributed by atoms with E-state index < -0.39 is 0 Å². The van der Waals surface area contributed by atoms with Gasteiger partial charge >= 0.3 is 0 Å². The summed E-state index contributed by atoms with van der Waals surface area (Å²) >= 11 is 7.48. The first-order valence-electron chi connectivity index (χ1n) is 4.26. The van der Waals surface area contributed by atoms with Crippen LogP contribution in [0.25, 0.3) is 11.3 Å². The summed E-state index contributed by atoms with van der Waals surface area (Å²) < 4.78 is 5.23. The van der Waals surface area contributed by atoms with Crippen molar-refractivity contribution >= 4 is 28.1 Å². The van der Waals surface area contributed by atoms with Crippen LogP contribution >= 0.6 is 22.9 Å². The van der Waals surface area contributed by atoms with Crippen molar-refractivity contribution in [2.45, 2.75) is 0 Å². The number of hydrogen-bond donors (Lipinski definition) is 1. The van der Waals surface area contributed by atoms with Crippen LogP contribution in [0.1, 0.15) is 0 Å². The van der Waals surface area contributed by atoms with Crippen molar-refractivity contribution in [1.82, 2.24) is 4.98 Å². The predicted octanol–water partition coefficient (Wildman–Crippen LogP) is 3.05. The fraction of sp³-hybridized carbons (Fsp3) is 0.100. The molecule has 0 atom stereocenters. The molecule has 0 radical (unpaired) electrons. The molecule has 0 aliphatic carbocycles. The van der Waals surface area contributed by atoms with Crippen molar-refractivity contribution in [3.8, 4) is 17.0 Å². The van der Waals surface area contributed by atoms with Gasteiger partial charge in [0.15, 0.2) is 5.13 Å². The van der Waals surface area contributed by atoms with Gasteiger partial charge in [-0.05, 0) is 12.1 Å². The van der Waals surface area contributed by atoms with Crippen molar-refractivity contribution in [1.29, 1.82) is 0 Å². The molecule has 3 nitrogen and oxygen atoms in total. The number of nitrogens with two attached hydrogens (primary N) is 1. The second-order valence-corrected chi connectivity index (χ2v) is 4.18. The average Bonchev–Trinajstić information content (AvgIpc) is 2.64. The van der Waals surface area contributed by atoms with E-state index in [0.29, 0.717) is 15.9 Å². The van der Waals surface area contributed by atoms with Crippen molar-refractivity contribution in [3.63, 3.8) is 0 Å². The summed E-state index contributed by atoms with van der Waals surface area (Å²) in [7, 11) is 1.60. The molecule has 0 fully saturated rings. The van der Waals surface area contributed by atoms with Crippen LogP contribution in [0.3, 0.4) is 0 Å². The number of thiazole rings is 1. The first-order valence-corrected chi connectivity index (χ1v) is 5.52. The number of benzene rings is 1. The Kier molecular flexibility index (Phi) is 2.79. The molecule has 0 bridgehead atoms. The summed E-state index contributed by atoms with van der Waals surface area (Å²) in [4.78, 5) is 4.18. The summed E-state index contributed by atoms with van der Waals surface area (Å²) in [5, 5.41) is 2.99. The molecule has 0 amide bonds. The van der Waals surface area contributed by atoms with Crippen LogP contribution in [0, 0.1) is 0 Å². The molecule has 1 aromatic carbocycles. The minimum atomic E-state index is 0.520. The van der Waals surface area contributed by atoms with E-state index in [1.807, 2.05) is 17.5 Å². The number of rotatable bonds is 2. The van der Waals surface area contributed by atoms with Crippen LogP contribution in [0.2, 0.25) is 5.02 Å². The quantitative estimate of drug-likeness (QED) is 0.878. The van der Waals surface area contributed by atoms with Crippen molar-refractivity contribution < 1.29 is 4.74 Å². The molecule has 0 saturated carbocycles. The highest BCUT2D eigenvalue weighted by molar-refractivity contribution is 7.13. The van der Waals surface area contributed by atoms with Gasteiger partial charge in [0.1, 0.15) is 5.75 Å². The third kappa shape index (κ3) is 1.91. The maximum absolute atomic E-state index is 6.10. The molecule has 1 aromatic heterocycles. The van der Waals surface area contributed by atoms with E-state index in [9.17, 15) is 0 Å². The van der Waals surface area contributed by atoms with Gasteiger partial charge in [0, 0.05) is 5.38 Å². The molecule has 0 spiro atoms. The predicted molar refractivity (Wildman–Crippen MR) is 63.5 cm³/mol. The second-order valence-electron chi connectivity index (χ2n) is 2.89. The Morgan fingerprint density at radius 1 is 1.47 bits per heavy atom. The van der Waals surface area contributed by atoms with Crippen LogP contribution in [0.4, 0.5) is 5.13 Å². The maximum atomic E-state index is 6.10. The van der Waals surface area contributed by atoms with Crippen LogP contribution in [-0.4, -0.2) is 12.1 Å².